The summed E-state index contributed by atoms with van der Waals surface area (Å²) < 4.78 is 1.08. The van der Waals surface area contributed by atoms with Crippen molar-refractivity contribution < 1.29 is 5.21 Å². The third-order valence-corrected chi connectivity index (χ3v) is 2.88. The molecule has 3 heteroatoms. The molecule has 1 aromatic rings. The molecule has 0 aliphatic carbocycles. The maximum Gasteiger partial charge on any atom is 0.0463 e. The van der Waals surface area contributed by atoms with Crippen LogP contribution in [-0.4, -0.2) is 5.21 Å². The third kappa shape index (κ3) is 1.86. The molecule has 12 heavy (non-hydrogen) atoms. The molecule has 0 unspecified atom stereocenters. The maximum atomic E-state index is 8.59. The standard InChI is InChI=1S/C9H12BrNO/c1-6-3-4-9(10)7(2)8(6)5-11-12/h3-4,11-12H,5H2,1-2H3. The number of hydrogen-bond donors (Lipinski definition) is 2. The maximum absolute atomic E-state index is 8.59. The number of rotatable bonds is 2. The van der Waals surface area contributed by atoms with Gasteiger partial charge in [0.25, 0.3) is 0 Å². The second-order valence-electron chi connectivity index (χ2n) is 2.80. The van der Waals surface area contributed by atoms with E-state index in [9.17, 15) is 0 Å². The van der Waals surface area contributed by atoms with Crippen molar-refractivity contribution in [3.8, 4) is 0 Å². The number of benzene rings is 1. The molecule has 2 nitrogen and oxygen atoms in total. The first kappa shape index (κ1) is 9.71. The van der Waals surface area contributed by atoms with Crippen molar-refractivity contribution in [2.45, 2.75) is 20.4 Å². The zero-order valence-electron chi connectivity index (χ0n) is 7.19. The zero-order valence-corrected chi connectivity index (χ0v) is 8.77. The second kappa shape index (κ2) is 4.03. The van der Waals surface area contributed by atoms with Gasteiger partial charge in [-0.05, 0) is 36.6 Å². The second-order valence-corrected chi connectivity index (χ2v) is 3.66. The smallest absolute Gasteiger partial charge is 0.0463 e. The Hall–Kier alpha value is -0.380. The van der Waals surface area contributed by atoms with Crippen LogP contribution in [0.4, 0.5) is 0 Å². The van der Waals surface area contributed by atoms with Crippen LogP contribution < -0.4 is 5.48 Å². The van der Waals surface area contributed by atoms with E-state index < -0.39 is 0 Å². The van der Waals surface area contributed by atoms with Crippen LogP contribution >= 0.6 is 15.9 Å². The highest BCUT2D eigenvalue weighted by atomic mass is 79.9. The number of hydroxylamine groups is 1. The largest absolute Gasteiger partial charge is 0.316 e. The Morgan fingerprint density at radius 3 is 2.67 bits per heavy atom. The lowest BCUT2D eigenvalue weighted by molar-refractivity contribution is 0.161. The Morgan fingerprint density at radius 2 is 2.08 bits per heavy atom. The summed E-state index contributed by atoms with van der Waals surface area (Å²) in [5.41, 5.74) is 5.69. The molecule has 66 valence electrons. The predicted molar refractivity (Wildman–Crippen MR) is 52.2 cm³/mol. The molecule has 0 amide bonds. The Bertz CT molecular complexity index is 286. The molecule has 2 N–H and O–H groups in total. The van der Waals surface area contributed by atoms with Crippen LogP contribution in [0.3, 0.4) is 0 Å². The van der Waals surface area contributed by atoms with E-state index in [0.717, 1.165) is 10.0 Å². The number of aryl methyl sites for hydroxylation is 1. The first-order chi connectivity index (χ1) is 5.66. The molecule has 0 spiro atoms. The Balaban J connectivity index is 3.14. The van der Waals surface area contributed by atoms with E-state index in [4.69, 9.17) is 5.21 Å². The predicted octanol–water partition coefficient (Wildman–Crippen LogP) is 2.54. The molecule has 0 aromatic heterocycles. The van der Waals surface area contributed by atoms with Gasteiger partial charge in [0.2, 0.25) is 0 Å². The quantitative estimate of drug-likeness (QED) is 0.765. The van der Waals surface area contributed by atoms with Gasteiger partial charge in [0.1, 0.15) is 0 Å². The molecule has 0 aliphatic rings. The van der Waals surface area contributed by atoms with Crippen LogP contribution in [0.25, 0.3) is 0 Å². The van der Waals surface area contributed by atoms with E-state index in [-0.39, 0.29) is 0 Å². The zero-order chi connectivity index (χ0) is 9.14. The van der Waals surface area contributed by atoms with E-state index in [0.29, 0.717) is 6.54 Å². The Morgan fingerprint density at radius 1 is 1.42 bits per heavy atom. The molecule has 0 heterocycles. The molecule has 0 fully saturated rings. The summed E-state index contributed by atoms with van der Waals surface area (Å²) in [6.45, 7) is 4.56. The lowest BCUT2D eigenvalue weighted by atomic mass is 10.0. The molecule has 0 saturated carbocycles. The summed E-state index contributed by atoms with van der Waals surface area (Å²) in [6.07, 6.45) is 0. The number of halogens is 1. The van der Waals surface area contributed by atoms with Crippen LogP contribution in [0.2, 0.25) is 0 Å². The van der Waals surface area contributed by atoms with Crippen molar-refractivity contribution in [1.82, 2.24) is 5.48 Å². The van der Waals surface area contributed by atoms with Gasteiger partial charge in [-0.1, -0.05) is 22.0 Å². The van der Waals surface area contributed by atoms with Crippen LogP contribution in [-0.2, 0) is 6.54 Å². The summed E-state index contributed by atoms with van der Waals surface area (Å²) in [5.74, 6) is 0. The summed E-state index contributed by atoms with van der Waals surface area (Å²) >= 11 is 3.44. The van der Waals surface area contributed by atoms with Gasteiger partial charge in [0.05, 0.1) is 0 Å². The van der Waals surface area contributed by atoms with Crippen LogP contribution in [0.1, 0.15) is 16.7 Å². The van der Waals surface area contributed by atoms with Crippen molar-refractivity contribution >= 4 is 15.9 Å². The fourth-order valence-corrected chi connectivity index (χ4v) is 1.59. The van der Waals surface area contributed by atoms with Gasteiger partial charge < -0.3 is 5.21 Å². The summed E-state index contributed by atoms with van der Waals surface area (Å²) in [7, 11) is 0. The Labute approximate surface area is 80.7 Å². The fraction of sp³-hybridized carbons (Fsp3) is 0.333. The monoisotopic (exact) mass is 229 g/mol. The molecule has 1 rings (SSSR count). The highest BCUT2D eigenvalue weighted by molar-refractivity contribution is 9.10. The Kier molecular flexibility index (Phi) is 3.26. The van der Waals surface area contributed by atoms with E-state index in [1.54, 1.807) is 0 Å². The van der Waals surface area contributed by atoms with Crippen LogP contribution in [0.5, 0.6) is 0 Å². The first-order valence-corrected chi connectivity index (χ1v) is 4.57. The topological polar surface area (TPSA) is 32.3 Å². The first-order valence-electron chi connectivity index (χ1n) is 3.78. The van der Waals surface area contributed by atoms with E-state index >= 15 is 0 Å². The lowest BCUT2D eigenvalue weighted by Gasteiger charge is -2.09. The normalized spacial score (nSPS) is 10.3. The van der Waals surface area contributed by atoms with Crippen molar-refractivity contribution in [2.24, 2.45) is 0 Å². The minimum absolute atomic E-state index is 0.497. The van der Waals surface area contributed by atoms with Gasteiger partial charge in [-0.3, -0.25) is 0 Å². The lowest BCUT2D eigenvalue weighted by Crippen LogP contribution is -2.09. The molecular formula is C9H12BrNO. The number of nitrogens with one attached hydrogen (secondary N) is 1. The number of hydrogen-bond acceptors (Lipinski definition) is 2. The van der Waals surface area contributed by atoms with Gasteiger partial charge in [0, 0.05) is 11.0 Å². The van der Waals surface area contributed by atoms with Gasteiger partial charge in [-0.15, -0.1) is 0 Å². The molecule has 0 aliphatic heterocycles. The molecule has 0 atom stereocenters. The minimum Gasteiger partial charge on any atom is -0.316 e. The van der Waals surface area contributed by atoms with E-state index in [1.807, 2.05) is 26.0 Å². The highest BCUT2D eigenvalue weighted by Gasteiger charge is 2.04. The summed E-state index contributed by atoms with van der Waals surface area (Å²) in [4.78, 5) is 0. The third-order valence-electron chi connectivity index (χ3n) is 2.02. The van der Waals surface area contributed by atoms with E-state index in [2.05, 4.69) is 21.4 Å². The van der Waals surface area contributed by atoms with Crippen molar-refractivity contribution in [3.05, 3.63) is 33.3 Å². The molecule has 0 radical (unpaired) electrons. The fourth-order valence-electron chi connectivity index (χ4n) is 1.21. The van der Waals surface area contributed by atoms with Crippen LogP contribution in [0.15, 0.2) is 16.6 Å². The van der Waals surface area contributed by atoms with Gasteiger partial charge in [-0.2, -0.15) is 0 Å². The average molecular weight is 230 g/mol. The molecule has 1 aromatic carbocycles. The van der Waals surface area contributed by atoms with Gasteiger partial charge in [0.15, 0.2) is 0 Å². The summed E-state index contributed by atoms with van der Waals surface area (Å²) in [6, 6.07) is 4.05. The minimum atomic E-state index is 0.497. The van der Waals surface area contributed by atoms with Gasteiger partial charge in [-0.25, -0.2) is 5.48 Å². The average Bonchev–Trinajstić information content (AvgIpc) is 2.06. The molecule has 0 bridgehead atoms. The van der Waals surface area contributed by atoms with Gasteiger partial charge >= 0.3 is 0 Å². The van der Waals surface area contributed by atoms with Crippen molar-refractivity contribution in [1.29, 1.82) is 0 Å². The SMILES string of the molecule is Cc1ccc(Br)c(C)c1CNO. The molecule has 0 saturated heterocycles. The molecular weight excluding hydrogens is 218 g/mol. The van der Waals surface area contributed by atoms with E-state index in [1.165, 1.54) is 11.1 Å². The summed E-state index contributed by atoms with van der Waals surface area (Å²) in [5, 5.41) is 8.59. The van der Waals surface area contributed by atoms with Crippen molar-refractivity contribution in [3.63, 3.8) is 0 Å². The van der Waals surface area contributed by atoms with Crippen molar-refractivity contribution in [2.75, 3.05) is 0 Å². The highest BCUT2D eigenvalue weighted by Crippen LogP contribution is 2.22. The van der Waals surface area contributed by atoms with Crippen LogP contribution in [0, 0.1) is 13.8 Å².